The van der Waals surface area contributed by atoms with Gasteiger partial charge in [0.15, 0.2) is 0 Å². The molecule has 0 spiro atoms. The van der Waals surface area contributed by atoms with Crippen LogP contribution in [0, 0.1) is 41.0 Å². The van der Waals surface area contributed by atoms with Crippen LogP contribution < -0.4 is 0 Å². The Morgan fingerprint density at radius 2 is 1.73 bits per heavy atom. The average Bonchev–Trinajstić information content (AvgIpc) is 1.92. The van der Waals surface area contributed by atoms with Crippen molar-refractivity contribution >= 4 is 5.97 Å². The molecular weight excluding hydrogens is 275 g/mol. The third kappa shape index (κ3) is 3.21. The predicted octanol–water partition coefficient (Wildman–Crippen LogP) is -0.548. The van der Waals surface area contributed by atoms with Gasteiger partial charge in [-0.3, -0.25) is 4.79 Å². The van der Waals surface area contributed by atoms with Crippen LogP contribution in [0.25, 0.3) is 0 Å². The summed E-state index contributed by atoms with van der Waals surface area (Å²) in [6, 6.07) is 0. The van der Waals surface area contributed by atoms with E-state index in [9.17, 15) is 4.79 Å². The molecule has 0 rings (SSSR count). The standard InChI is InChI=1S/C6H12O4.La/c1-2-6(3-7,4-8)5(9)10;/h7-8H,2-4H2,1H3,(H,9,10);. The normalized spacial score (nSPS) is 10.5. The summed E-state index contributed by atoms with van der Waals surface area (Å²) in [5.74, 6) is -1.15. The van der Waals surface area contributed by atoms with E-state index in [-0.39, 0.29) is 42.0 Å². The molecule has 3 N–H and O–H groups in total. The number of aliphatic hydroxyl groups is 2. The molecule has 11 heavy (non-hydrogen) atoms. The van der Waals surface area contributed by atoms with Crippen LogP contribution in [0.15, 0.2) is 0 Å². The Kier molecular flexibility index (Phi) is 7.89. The van der Waals surface area contributed by atoms with Gasteiger partial charge in [0.25, 0.3) is 0 Å². The molecule has 0 aliphatic rings. The molecule has 0 saturated heterocycles. The fourth-order valence-electron chi connectivity index (χ4n) is 0.560. The van der Waals surface area contributed by atoms with Crippen LogP contribution in [0.3, 0.4) is 0 Å². The molecule has 0 atom stereocenters. The molecule has 63 valence electrons. The summed E-state index contributed by atoms with van der Waals surface area (Å²) < 4.78 is 0. The van der Waals surface area contributed by atoms with Gasteiger partial charge in [-0.2, -0.15) is 0 Å². The number of aliphatic carboxylic acids is 1. The van der Waals surface area contributed by atoms with Gasteiger partial charge in [-0.25, -0.2) is 0 Å². The number of rotatable bonds is 4. The molecule has 0 aliphatic heterocycles. The summed E-state index contributed by atoms with van der Waals surface area (Å²) in [6.07, 6.45) is 0.231. The van der Waals surface area contributed by atoms with E-state index in [0.717, 1.165) is 0 Å². The van der Waals surface area contributed by atoms with Crippen LogP contribution in [0.4, 0.5) is 0 Å². The minimum Gasteiger partial charge on any atom is -0.481 e. The smallest absolute Gasteiger partial charge is 0.314 e. The summed E-state index contributed by atoms with van der Waals surface area (Å²) in [5, 5.41) is 25.7. The van der Waals surface area contributed by atoms with Crippen molar-refractivity contribution in [3.8, 4) is 0 Å². The van der Waals surface area contributed by atoms with Crippen LogP contribution in [0.5, 0.6) is 0 Å². The molecule has 0 fully saturated rings. The Morgan fingerprint density at radius 3 is 1.73 bits per heavy atom. The van der Waals surface area contributed by atoms with Crippen molar-refractivity contribution in [3.63, 3.8) is 0 Å². The van der Waals surface area contributed by atoms with Crippen molar-refractivity contribution in [2.75, 3.05) is 13.2 Å². The molecule has 0 bridgehead atoms. The van der Waals surface area contributed by atoms with Gasteiger partial charge >= 0.3 is 5.97 Å². The quantitative estimate of drug-likeness (QED) is 0.648. The molecule has 0 aliphatic carbocycles. The number of carbonyl (C=O) groups is 1. The van der Waals surface area contributed by atoms with Gasteiger partial charge in [0.2, 0.25) is 0 Å². The molecule has 0 aromatic rings. The van der Waals surface area contributed by atoms with Crippen molar-refractivity contribution in [1.82, 2.24) is 0 Å². The van der Waals surface area contributed by atoms with E-state index in [0.29, 0.717) is 0 Å². The van der Waals surface area contributed by atoms with E-state index in [2.05, 4.69) is 0 Å². The Labute approximate surface area is 93.2 Å². The van der Waals surface area contributed by atoms with Crippen molar-refractivity contribution in [1.29, 1.82) is 0 Å². The van der Waals surface area contributed by atoms with Crippen LogP contribution in [-0.4, -0.2) is 34.5 Å². The first-order valence-corrected chi connectivity index (χ1v) is 3.08. The third-order valence-electron chi connectivity index (χ3n) is 1.74. The monoisotopic (exact) mass is 287 g/mol. The molecule has 4 nitrogen and oxygen atoms in total. The first-order valence-electron chi connectivity index (χ1n) is 3.08. The van der Waals surface area contributed by atoms with Gasteiger partial charge in [0.05, 0.1) is 13.2 Å². The summed E-state index contributed by atoms with van der Waals surface area (Å²) in [7, 11) is 0. The predicted molar refractivity (Wildman–Crippen MR) is 34.5 cm³/mol. The SMILES string of the molecule is CCC(CO)(CO)C(=O)O.[La]. The largest absolute Gasteiger partial charge is 0.481 e. The van der Waals surface area contributed by atoms with Crippen molar-refractivity contribution in [2.24, 2.45) is 5.41 Å². The number of hydrogen-bond donors (Lipinski definition) is 3. The van der Waals surface area contributed by atoms with E-state index >= 15 is 0 Å². The minimum absolute atomic E-state index is 0. The molecule has 1 radical (unpaired) electrons. The molecule has 0 aromatic heterocycles. The van der Waals surface area contributed by atoms with Gasteiger partial charge in [0, 0.05) is 35.6 Å². The number of hydrogen-bond acceptors (Lipinski definition) is 3. The van der Waals surface area contributed by atoms with Crippen LogP contribution in [0.2, 0.25) is 0 Å². The molecule has 0 amide bonds. The van der Waals surface area contributed by atoms with Crippen molar-refractivity contribution in [3.05, 3.63) is 0 Å². The van der Waals surface area contributed by atoms with E-state index in [1.54, 1.807) is 6.92 Å². The number of aliphatic hydroxyl groups excluding tert-OH is 2. The second-order valence-electron chi connectivity index (χ2n) is 2.26. The number of carboxylic acids is 1. The van der Waals surface area contributed by atoms with E-state index in [1.165, 1.54) is 0 Å². The fraction of sp³-hybridized carbons (Fsp3) is 0.833. The Balaban J connectivity index is 0. The van der Waals surface area contributed by atoms with Crippen molar-refractivity contribution in [2.45, 2.75) is 13.3 Å². The third-order valence-corrected chi connectivity index (χ3v) is 1.74. The van der Waals surface area contributed by atoms with Gasteiger partial charge in [-0.1, -0.05) is 6.92 Å². The van der Waals surface area contributed by atoms with E-state index in [1.807, 2.05) is 0 Å². The Bertz CT molecular complexity index is 113. The molecule has 0 saturated carbocycles. The van der Waals surface area contributed by atoms with E-state index in [4.69, 9.17) is 15.3 Å². The minimum atomic E-state index is -1.35. The maximum absolute atomic E-state index is 10.4. The van der Waals surface area contributed by atoms with Gasteiger partial charge in [0.1, 0.15) is 5.41 Å². The molecule has 0 unspecified atom stereocenters. The molecule has 0 heterocycles. The van der Waals surface area contributed by atoms with Crippen LogP contribution in [-0.2, 0) is 4.79 Å². The molecular formula is C6H12LaO4. The summed E-state index contributed by atoms with van der Waals surface area (Å²) in [5.41, 5.74) is -1.35. The zero-order valence-corrected chi connectivity index (χ0v) is 10.1. The number of carboxylic acid groups (broad SMARTS) is 1. The second kappa shape index (κ2) is 6.14. The maximum atomic E-state index is 10.4. The molecule has 5 heteroatoms. The van der Waals surface area contributed by atoms with Crippen molar-refractivity contribution < 1.29 is 55.7 Å². The Morgan fingerprint density at radius 1 is 1.36 bits per heavy atom. The maximum Gasteiger partial charge on any atom is 0.314 e. The van der Waals surface area contributed by atoms with Crippen LogP contribution in [0.1, 0.15) is 13.3 Å². The Hall–Kier alpha value is 0.585. The topological polar surface area (TPSA) is 77.8 Å². The summed E-state index contributed by atoms with van der Waals surface area (Å²) in [6.45, 7) is 0.575. The fourth-order valence-corrected chi connectivity index (χ4v) is 0.560. The summed E-state index contributed by atoms with van der Waals surface area (Å²) >= 11 is 0. The van der Waals surface area contributed by atoms with E-state index < -0.39 is 24.6 Å². The zero-order chi connectivity index (χ0) is 8.20. The average molecular weight is 287 g/mol. The first kappa shape index (κ1) is 14.1. The summed E-state index contributed by atoms with van der Waals surface area (Å²) in [4.78, 5) is 10.4. The van der Waals surface area contributed by atoms with Crippen LogP contribution >= 0.6 is 0 Å². The van der Waals surface area contributed by atoms with Gasteiger partial charge in [-0.05, 0) is 6.42 Å². The zero-order valence-electron chi connectivity index (χ0n) is 6.45. The van der Waals surface area contributed by atoms with Gasteiger partial charge in [-0.15, -0.1) is 0 Å². The first-order chi connectivity index (χ1) is 4.63. The van der Waals surface area contributed by atoms with Gasteiger partial charge < -0.3 is 15.3 Å². The molecule has 0 aromatic carbocycles. The second-order valence-corrected chi connectivity index (χ2v) is 2.26.